The number of halogens is 3. The van der Waals surface area contributed by atoms with Crippen molar-refractivity contribution in [3.05, 3.63) is 24.5 Å². The van der Waals surface area contributed by atoms with E-state index in [0.717, 1.165) is 0 Å². The Morgan fingerprint density at radius 1 is 1.30 bits per heavy atom. The van der Waals surface area contributed by atoms with E-state index < -0.39 is 17.5 Å². The fourth-order valence-corrected chi connectivity index (χ4v) is 2.17. The van der Waals surface area contributed by atoms with Gasteiger partial charge in [-0.1, -0.05) is 5.16 Å². The topological polar surface area (TPSA) is 76.7 Å². The molecule has 1 unspecified atom stereocenters. The first-order valence-electron chi connectivity index (χ1n) is 5.91. The molecular weight excluding hydrogens is 275 g/mol. The molecule has 1 N–H and O–H groups in total. The molecule has 1 atom stereocenters. The van der Waals surface area contributed by atoms with E-state index in [4.69, 9.17) is 4.52 Å². The lowest BCUT2D eigenvalue weighted by molar-refractivity contribution is -0.191. The molecule has 9 heteroatoms. The highest BCUT2D eigenvalue weighted by atomic mass is 19.4. The Kier molecular flexibility index (Phi) is 2.93. The third-order valence-electron chi connectivity index (χ3n) is 3.33. The molecule has 2 aromatic rings. The Labute approximate surface area is 111 Å². The van der Waals surface area contributed by atoms with E-state index in [9.17, 15) is 13.2 Å². The summed E-state index contributed by atoms with van der Waals surface area (Å²) in [6.07, 6.45) is -0.367. The summed E-state index contributed by atoms with van der Waals surface area (Å²) in [4.78, 5) is 11.6. The van der Waals surface area contributed by atoms with Crippen LogP contribution in [-0.2, 0) is 5.41 Å². The lowest BCUT2D eigenvalue weighted by Gasteiger charge is -2.26. The zero-order valence-electron chi connectivity index (χ0n) is 10.2. The van der Waals surface area contributed by atoms with Gasteiger partial charge in [0.25, 0.3) is 0 Å². The molecule has 0 spiro atoms. The van der Waals surface area contributed by atoms with E-state index in [2.05, 4.69) is 25.4 Å². The van der Waals surface area contributed by atoms with Gasteiger partial charge in [0.1, 0.15) is 5.69 Å². The van der Waals surface area contributed by atoms with Gasteiger partial charge in [0, 0.05) is 18.9 Å². The minimum absolute atomic E-state index is 0.00336. The zero-order valence-corrected chi connectivity index (χ0v) is 10.2. The summed E-state index contributed by atoms with van der Waals surface area (Å²) in [7, 11) is 0. The number of nitrogens with one attached hydrogen (secondary N) is 1. The highest BCUT2D eigenvalue weighted by molar-refractivity contribution is 5.45. The summed E-state index contributed by atoms with van der Waals surface area (Å²) >= 11 is 0. The van der Waals surface area contributed by atoms with Crippen LogP contribution in [0.25, 0.3) is 11.5 Å². The van der Waals surface area contributed by atoms with Gasteiger partial charge in [-0.3, -0.25) is 4.98 Å². The SMILES string of the molecule is FC(F)(F)C1(c2nc(-c3cnccn3)no2)CCNC1. The van der Waals surface area contributed by atoms with E-state index >= 15 is 0 Å². The van der Waals surface area contributed by atoms with Crippen LogP contribution < -0.4 is 5.32 Å². The van der Waals surface area contributed by atoms with E-state index in [-0.39, 0.29) is 31.0 Å². The van der Waals surface area contributed by atoms with Crippen LogP contribution in [0.3, 0.4) is 0 Å². The van der Waals surface area contributed by atoms with Crippen molar-refractivity contribution in [2.75, 3.05) is 13.1 Å². The van der Waals surface area contributed by atoms with Gasteiger partial charge in [0.2, 0.25) is 11.7 Å². The maximum atomic E-state index is 13.3. The smallest absolute Gasteiger partial charge is 0.338 e. The second kappa shape index (κ2) is 4.51. The maximum absolute atomic E-state index is 13.3. The van der Waals surface area contributed by atoms with Crippen LogP contribution in [0.1, 0.15) is 12.3 Å². The van der Waals surface area contributed by atoms with Crippen molar-refractivity contribution in [3.8, 4) is 11.5 Å². The van der Waals surface area contributed by atoms with Crippen molar-refractivity contribution in [1.82, 2.24) is 25.4 Å². The van der Waals surface area contributed by atoms with E-state index in [1.165, 1.54) is 18.6 Å². The Balaban J connectivity index is 2.01. The summed E-state index contributed by atoms with van der Waals surface area (Å²) in [6.45, 7) is -0.0129. The van der Waals surface area contributed by atoms with Crippen molar-refractivity contribution >= 4 is 0 Å². The van der Waals surface area contributed by atoms with Crippen molar-refractivity contribution < 1.29 is 17.7 Å². The quantitative estimate of drug-likeness (QED) is 0.896. The van der Waals surface area contributed by atoms with Gasteiger partial charge in [-0.15, -0.1) is 0 Å². The van der Waals surface area contributed by atoms with E-state index in [1.807, 2.05) is 0 Å². The molecule has 0 saturated carbocycles. The number of rotatable bonds is 2. The number of alkyl halides is 3. The number of hydrogen-bond acceptors (Lipinski definition) is 6. The number of hydrogen-bond donors (Lipinski definition) is 1. The van der Waals surface area contributed by atoms with E-state index in [0.29, 0.717) is 0 Å². The van der Waals surface area contributed by atoms with Crippen LogP contribution in [0.15, 0.2) is 23.1 Å². The molecular formula is C11H10F3N5O. The molecule has 1 aliphatic rings. The number of nitrogens with zero attached hydrogens (tertiary/aromatic N) is 4. The molecule has 0 radical (unpaired) electrons. The minimum Gasteiger partial charge on any atom is -0.338 e. The molecule has 0 aliphatic carbocycles. The molecule has 2 aromatic heterocycles. The highest BCUT2D eigenvalue weighted by Gasteiger charge is 2.61. The summed E-state index contributed by atoms with van der Waals surface area (Å²) in [6, 6.07) is 0. The molecule has 20 heavy (non-hydrogen) atoms. The average Bonchev–Trinajstić information content (AvgIpc) is 3.09. The normalized spacial score (nSPS) is 23.1. The van der Waals surface area contributed by atoms with Crippen LogP contribution in [0.2, 0.25) is 0 Å². The molecule has 3 heterocycles. The first-order valence-corrected chi connectivity index (χ1v) is 5.91. The summed E-state index contributed by atoms with van der Waals surface area (Å²) in [5, 5.41) is 6.26. The van der Waals surface area contributed by atoms with Crippen LogP contribution in [-0.4, -0.2) is 39.4 Å². The third-order valence-corrected chi connectivity index (χ3v) is 3.33. The van der Waals surface area contributed by atoms with Gasteiger partial charge in [-0.05, 0) is 13.0 Å². The lowest BCUT2D eigenvalue weighted by atomic mass is 9.86. The molecule has 1 aliphatic heterocycles. The first-order chi connectivity index (χ1) is 9.53. The largest absolute Gasteiger partial charge is 0.404 e. The lowest BCUT2D eigenvalue weighted by Crippen LogP contribution is -2.44. The van der Waals surface area contributed by atoms with Crippen molar-refractivity contribution in [2.45, 2.75) is 18.0 Å². The second-order valence-corrected chi connectivity index (χ2v) is 4.52. The molecule has 1 saturated heterocycles. The van der Waals surface area contributed by atoms with Crippen LogP contribution >= 0.6 is 0 Å². The Morgan fingerprint density at radius 2 is 2.15 bits per heavy atom. The zero-order chi connectivity index (χ0) is 14.2. The second-order valence-electron chi connectivity index (χ2n) is 4.52. The summed E-state index contributed by atoms with van der Waals surface area (Å²) in [5.41, 5.74) is -1.86. The van der Waals surface area contributed by atoms with Crippen LogP contribution in [0, 0.1) is 0 Å². The summed E-state index contributed by atoms with van der Waals surface area (Å²) < 4.78 is 44.8. The van der Waals surface area contributed by atoms with Gasteiger partial charge in [0.05, 0.1) is 6.20 Å². The standard InChI is InChI=1S/C11H10F3N5O/c12-11(13,14)10(1-2-16-6-10)9-18-8(19-20-9)7-5-15-3-4-17-7/h3-5,16H,1-2,6H2. The maximum Gasteiger partial charge on any atom is 0.404 e. The highest BCUT2D eigenvalue weighted by Crippen LogP contribution is 2.44. The van der Waals surface area contributed by atoms with E-state index in [1.54, 1.807) is 0 Å². The fourth-order valence-electron chi connectivity index (χ4n) is 2.17. The minimum atomic E-state index is -4.46. The molecule has 106 valence electrons. The molecule has 0 aromatic carbocycles. The van der Waals surface area contributed by atoms with Crippen molar-refractivity contribution in [1.29, 1.82) is 0 Å². The summed E-state index contributed by atoms with van der Waals surface area (Å²) in [5.74, 6) is -0.431. The van der Waals surface area contributed by atoms with Gasteiger partial charge >= 0.3 is 6.18 Å². The molecule has 1 fully saturated rings. The van der Waals surface area contributed by atoms with Gasteiger partial charge in [-0.25, -0.2) is 4.98 Å². The van der Waals surface area contributed by atoms with Crippen molar-refractivity contribution in [2.24, 2.45) is 0 Å². The fraction of sp³-hybridized carbons (Fsp3) is 0.455. The molecule has 0 bridgehead atoms. The molecule has 6 nitrogen and oxygen atoms in total. The molecule has 0 amide bonds. The Bertz CT molecular complexity index is 592. The Morgan fingerprint density at radius 3 is 2.75 bits per heavy atom. The third kappa shape index (κ3) is 1.94. The average molecular weight is 285 g/mol. The Hall–Kier alpha value is -2.03. The van der Waals surface area contributed by atoms with Crippen molar-refractivity contribution in [3.63, 3.8) is 0 Å². The number of aromatic nitrogens is 4. The predicted octanol–water partition coefficient (Wildman–Crippen LogP) is 1.32. The monoisotopic (exact) mass is 285 g/mol. The van der Waals surface area contributed by atoms with Gasteiger partial charge in [-0.2, -0.15) is 18.2 Å². The van der Waals surface area contributed by atoms with Gasteiger partial charge < -0.3 is 9.84 Å². The van der Waals surface area contributed by atoms with Gasteiger partial charge in [0.15, 0.2) is 5.41 Å². The van der Waals surface area contributed by atoms with Crippen LogP contribution in [0.5, 0.6) is 0 Å². The predicted molar refractivity (Wildman–Crippen MR) is 60.5 cm³/mol. The van der Waals surface area contributed by atoms with Crippen LogP contribution in [0.4, 0.5) is 13.2 Å². The first kappa shape index (κ1) is 13.0. The molecule has 3 rings (SSSR count).